The minimum atomic E-state index is 0.208. The van der Waals surface area contributed by atoms with Crippen LogP contribution in [0.5, 0.6) is 0 Å². The number of piperidine rings is 1. The maximum atomic E-state index is 6.32. The van der Waals surface area contributed by atoms with E-state index in [0.717, 1.165) is 13.2 Å². The first kappa shape index (κ1) is 14.2. The fourth-order valence-electron chi connectivity index (χ4n) is 4.25. The second-order valence-electron chi connectivity index (χ2n) is 6.95. The molecule has 1 atom stereocenters. The highest BCUT2D eigenvalue weighted by molar-refractivity contribution is 7.09. The van der Waals surface area contributed by atoms with E-state index in [1.165, 1.54) is 63.2 Å². The van der Waals surface area contributed by atoms with E-state index in [1.54, 1.807) is 0 Å². The molecule has 4 rings (SSSR count). The first-order chi connectivity index (χ1) is 10.3. The Hall–Kier alpha value is -0.420. The van der Waals surface area contributed by atoms with Gasteiger partial charge in [0.1, 0.15) is 0 Å². The molecule has 0 radical (unpaired) electrons. The molecule has 3 nitrogen and oxygen atoms in total. The first-order valence-corrected chi connectivity index (χ1v) is 9.34. The van der Waals surface area contributed by atoms with Crippen LogP contribution in [0.1, 0.15) is 37.0 Å². The van der Waals surface area contributed by atoms with Crippen LogP contribution in [0.25, 0.3) is 0 Å². The molecule has 3 aliphatic heterocycles. The predicted octanol–water partition coefficient (Wildman–Crippen LogP) is 2.97. The molecule has 0 amide bonds. The number of rotatable bonds is 3. The molecule has 0 bridgehead atoms. The molecule has 3 aliphatic rings. The molecule has 1 aromatic rings. The third-order valence-electron chi connectivity index (χ3n) is 5.57. The van der Waals surface area contributed by atoms with E-state index in [0.29, 0.717) is 6.04 Å². The van der Waals surface area contributed by atoms with Crippen molar-refractivity contribution in [2.75, 3.05) is 32.8 Å². The topological polar surface area (TPSA) is 15.7 Å². The zero-order chi connectivity index (χ0) is 14.1. The minimum absolute atomic E-state index is 0.208. The van der Waals surface area contributed by atoms with E-state index in [4.69, 9.17) is 4.74 Å². The van der Waals surface area contributed by atoms with Crippen LogP contribution in [0, 0.1) is 0 Å². The van der Waals surface area contributed by atoms with Gasteiger partial charge in [-0.2, -0.15) is 0 Å². The number of ether oxygens (including phenoxy) is 1. The summed E-state index contributed by atoms with van der Waals surface area (Å²) in [5, 5.41) is 2.18. The van der Waals surface area contributed by atoms with E-state index >= 15 is 0 Å². The van der Waals surface area contributed by atoms with Crippen LogP contribution in [-0.4, -0.2) is 54.2 Å². The maximum Gasteiger partial charge on any atom is 0.0723 e. The van der Waals surface area contributed by atoms with E-state index in [-0.39, 0.29) is 5.60 Å². The molecule has 4 heterocycles. The van der Waals surface area contributed by atoms with Crippen molar-refractivity contribution >= 4 is 11.3 Å². The van der Waals surface area contributed by atoms with Gasteiger partial charge >= 0.3 is 0 Å². The van der Waals surface area contributed by atoms with Crippen LogP contribution in [0.15, 0.2) is 17.5 Å². The van der Waals surface area contributed by atoms with Crippen LogP contribution in [0.4, 0.5) is 0 Å². The number of hydrogen-bond acceptors (Lipinski definition) is 4. The van der Waals surface area contributed by atoms with E-state index < -0.39 is 0 Å². The van der Waals surface area contributed by atoms with Gasteiger partial charge in [0.25, 0.3) is 0 Å². The fourth-order valence-corrected chi connectivity index (χ4v) is 5.00. The van der Waals surface area contributed by atoms with Gasteiger partial charge in [0.15, 0.2) is 0 Å². The number of likely N-dealkylation sites (tertiary alicyclic amines) is 2. The highest BCUT2D eigenvalue weighted by Crippen LogP contribution is 2.38. The summed E-state index contributed by atoms with van der Waals surface area (Å²) in [5.74, 6) is 0. The molecule has 0 saturated carbocycles. The smallest absolute Gasteiger partial charge is 0.0723 e. The quantitative estimate of drug-likeness (QED) is 0.854. The molecule has 0 aliphatic carbocycles. The summed E-state index contributed by atoms with van der Waals surface area (Å²) in [6.07, 6.45) is 6.50. The van der Waals surface area contributed by atoms with E-state index in [9.17, 15) is 0 Å². The Kier molecular flexibility index (Phi) is 4.05. The maximum absolute atomic E-state index is 6.32. The number of thiophene rings is 1. The molecule has 3 fully saturated rings. The normalized spacial score (nSPS) is 30.4. The highest BCUT2D eigenvalue weighted by atomic mass is 32.1. The Bertz CT molecular complexity index is 447. The number of nitrogens with zero attached hydrogens (tertiary/aromatic N) is 2. The van der Waals surface area contributed by atoms with Crippen molar-refractivity contribution in [3.8, 4) is 0 Å². The van der Waals surface area contributed by atoms with Gasteiger partial charge in [-0.1, -0.05) is 6.07 Å². The summed E-state index contributed by atoms with van der Waals surface area (Å²) >= 11 is 1.88. The second-order valence-corrected chi connectivity index (χ2v) is 7.98. The third kappa shape index (κ3) is 3.04. The van der Waals surface area contributed by atoms with Gasteiger partial charge in [-0.25, -0.2) is 0 Å². The number of hydrogen-bond donors (Lipinski definition) is 0. The standard InChI is InChI=1S/C17H26N2OS/c1-2-8-19(7-1)15-12-17(20-14-15)5-9-18(10-6-17)13-16-4-3-11-21-16/h3-4,11,15H,1-2,5-10,12-14H2/t15-/m0/s1. The Morgan fingerprint density at radius 1 is 1.19 bits per heavy atom. The average Bonchev–Trinajstić information content (AvgIpc) is 3.23. The van der Waals surface area contributed by atoms with Crippen LogP contribution < -0.4 is 0 Å². The zero-order valence-electron chi connectivity index (χ0n) is 12.8. The SMILES string of the molecule is c1csc(CN2CCC3(CC2)C[C@H](N2CCCC2)CO3)c1. The Balaban J connectivity index is 1.30. The summed E-state index contributed by atoms with van der Waals surface area (Å²) in [5.41, 5.74) is 0.208. The summed E-state index contributed by atoms with van der Waals surface area (Å²) in [6.45, 7) is 7.10. The monoisotopic (exact) mass is 306 g/mol. The van der Waals surface area contributed by atoms with Gasteiger partial charge in [-0.3, -0.25) is 9.80 Å². The van der Waals surface area contributed by atoms with Crippen LogP contribution in [0.2, 0.25) is 0 Å². The summed E-state index contributed by atoms with van der Waals surface area (Å²) in [4.78, 5) is 6.77. The lowest BCUT2D eigenvalue weighted by atomic mass is 9.87. The van der Waals surface area contributed by atoms with Crippen molar-refractivity contribution in [2.24, 2.45) is 0 Å². The molecular formula is C17H26N2OS. The van der Waals surface area contributed by atoms with Crippen molar-refractivity contribution in [1.82, 2.24) is 9.80 Å². The molecule has 4 heteroatoms. The molecule has 116 valence electrons. The molecule has 1 spiro atoms. The van der Waals surface area contributed by atoms with Gasteiger partial charge < -0.3 is 4.74 Å². The highest BCUT2D eigenvalue weighted by Gasteiger charge is 2.44. The predicted molar refractivity (Wildman–Crippen MR) is 86.7 cm³/mol. The molecular weight excluding hydrogens is 280 g/mol. The first-order valence-electron chi connectivity index (χ1n) is 8.46. The van der Waals surface area contributed by atoms with Gasteiger partial charge in [-0.15, -0.1) is 11.3 Å². The summed E-state index contributed by atoms with van der Waals surface area (Å²) in [6, 6.07) is 5.12. The van der Waals surface area contributed by atoms with Crippen LogP contribution in [-0.2, 0) is 11.3 Å². The largest absolute Gasteiger partial charge is 0.373 e. The van der Waals surface area contributed by atoms with Crippen molar-refractivity contribution in [3.05, 3.63) is 22.4 Å². The van der Waals surface area contributed by atoms with Gasteiger partial charge in [0.05, 0.1) is 12.2 Å². The molecule has 0 N–H and O–H groups in total. The van der Waals surface area contributed by atoms with E-state index in [1.807, 2.05) is 11.3 Å². The lowest BCUT2D eigenvalue weighted by Gasteiger charge is -2.38. The molecule has 0 aromatic carbocycles. The van der Waals surface area contributed by atoms with Crippen LogP contribution >= 0.6 is 11.3 Å². The summed E-state index contributed by atoms with van der Waals surface area (Å²) in [7, 11) is 0. The van der Waals surface area contributed by atoms with Crippen molar-refractivity contribution in [2.45, 2.75) is 50.3 Å². The van der Waals surface area contributed by atoms with Gasteiger partial charge in [-0.05, 0) is 56.6 Å². The lowest BCUT2D eigenvalue weighted by molar-refractivity contribution is -0.0451. The summed E-state index contributed by atoms with van der Waals surface area (Å²) < 4.78 is 6.32. The van der Waals surface area contributed by atoms with Crippen molar-refractivity contribution in [1.29, 1.82) is 0 Å². The molecule has 3 saturated heterocycles. The van der Waals surface area contributed by atoms with Gasteiger partial charge in [0, 0.05) is 30.6 Å². The minimum Gasteiger partial charge on any atom is -0.373 e. The Labute approximate surface area is 131 Å². The third-order valence-corrected chi connectivity index (χ3v) is 6.43. The lowest BCUT2D eigenvalue weighted by Crippen LogP contribution is -2.44. The fraction of sp³-hybridized carbons (Fsp3) is 0.765. The van der Waals surface area contributed by atoms with Gasteiger partial charge in [0.2, 0.25) is 0 Å². The zero-order valence-corrected chi connectivity index (χ0v) is 13.6. The van der Waals surface area contributed by atoms with E-state index in [2.05, 4.69) is 27.3 Å². The van der Waals surface area contributed by atoms with Crippen LogP contribution in [0.3, 0.4) is 0 Å². The Morgan fingerprint density at radius 2 is 2.00 bits per heavy atom. The average molecular weight is 306 g/mol. The molecule has 0 unspecified atom stereocenters. The van der Waals surface area contributed by atoms with Crippen molar-refractivity contribution < 1.29 is 4.74 Å². The second kappa shape index (κ2) is 5.99. The Morgan fingerprint density at radius 3 is 2.71 bits per heavy atom. The molecule has 21 heavy (non-hydrogen) atoms. The van der Waals surface area contributed by atoms with Crippen molar-refractivity contribution in [3.63, 3.8) is 0 Å². The molecule has 1 aromatic heterocycles.